The molecule has 3 nitrogen and oxygen atoms in total. The van der Waals surface area contributed by atoms with Crippen molar-refractivity contribution >= 4 is 16.7 Å². The molecule has 0 aromatic heterocycles. The molecule has 2 fully saturated rings. The van der Waals surface area contributed by atoms with Gasteiger partial charge in [0.05, 0.1) is 6.42 Å². The molecule has 0 spiro atoms. The Kier molecular flexibility index (Phi) is 3.59. The third-order valence-electron chi connectivity index (χ3n) is 5.01. The van der Waals surface area contributed by atoms with Gasteiger partial charge in [0, 0.05) is 13.1 Å². The van der Waals surface area contributed by atoms with Gasteiger partial charge in [0.1, 0.15) is 0 Å². The van der Waals surface area contributed by atoms with E-state index in [0.29, 0.717) is 18.3 Å². The standard InChI is InChI=1S/C19H22N2O/c22-19(21-12-15-7-16(13-21)11-20-10-15)9-14-5-6-17-3-1-2-4-18(17)8-14/h1-6,8,15-16,20H,7,9-13H2/t15-,16+. The van der Waals surface area contributed by atoms with Crippen molar-refractivity contribution < 1.29 is 4.79 Å². The summed E-state index contributed by atoms with van der Waals surface area (Å²) >= 11 is 0. The van der Waals surface area contributed by atoms with Crippen LogP contribution in [-0.4, -0.2) is 37.0 Å². The summed E-state index contributed by atoms with van der Waals surface area (Å²) in [6, 6.07) is 14.7. The van der Waals surface area contributed by atoms with Crippen molar-refractivity contribution in [1.29, 1.82) is 0 Å². The summed E-state index contributed by atoms with van der Waals surface area (Å²) in [5.74, 6) is 1.58. The number of benzene rings is 2. The molecule has 114 valence electrons. The summed E-state index contributed by atoms with van der Waals surface area (Å²) in [6.45, 7) is 3.98. The summed E-state index contributed by atoms with van der Waals surface area (Å²) in [7, 11) is 0. The summed E-state index contributed by atoms with van der Waals surface area (Å²) in [6.07, 6.45) is 1.81. The number of hydrogen-bond acceptors (Lipinski definition) is 2. The second-order valence-electron chi connectivity index (χ2n) is 6.78. The lowest BCUT2D eigenvalue weighted by Crippen LogP contribution is -2.53. The van der Waals surface area contributed by atoms with Crippen LogP contribution in [0.1, 0.15) is 12.0 Å². The Bertz CT molecular complexity index is 685. The fourth-order valence-electron chi connectivity index (χ4n) is 3.94. The van der Waals surface area contributed by atoms with Crippen LogP contribution in [0.4, 0.5) is 0 Å². The van der Waals surface area contributed by atoms with Gasteiger partial charge in [-0.15, -0.1) is 0 Å². The molecule has 22 heavy (non-hydrogen) atoms. The average Bonchev–Trinajstić information content (AvgIpc) is 2.54. The van der Waals surface area contributed by atoms with Gasteiger partial charge in [-0.1, -0.05) is 42.5 Å². The first-order chi connectivity index (χ1) is 10.8. The maximum absolute atomic E-state index is 12.6. The largest absolute Gasteiger partial charge is 0.342 e. The van der Waals surface area contributed by atoms with Gasteiger partial charge in [0.15, 0.2) is 0 Å². The molecule has 4 rings (SSSR count). The van der Waals surface area contributed by atoms with E-state index < -0.39 is 0 Å². The maximum atomic E-state index is 12.6. The second kappa shape index (κ2) is 5.73. The summed E-state index contributed by atoms with van der Waals surface area (Å²) < 4.78 is 0. The Morgan fingerprint density at radius 2 is 1.77 bits per heavy atom. The van der Waals surface area contributed by atoms with Gasteiger partial charge in [-0.05, 0) is 47.7 Å². The molecular formula is C19H22N2O. The molecule has 2 saturated heterocycles. The van der Waals surface area contributed by atoms with E-state index in [0.717, 1.165) is 31.7 Å². The Morgan fingerprint density at radius 3 is 2.55 bits per heavy atom. The summed E-state index contributed by atoms with van der Waals surface area (Å²) in [5.41, 5.74) is 1.12. The molecule has 1 amide bonds. The van der Waals surface area contributed by atoms with Crippen molar-refractivity contribution in [2.24, 2.45) is 11.8 Å². The first-order valence-electron chi connectivity index (χ1n) is 8.24. The van der Waals surface area contributed by atoms with Gasteiger partial charge < -0.3 is 10.2 Å². The molecule has 0 radical (unpaired) electrons. The van der Waals surface area contributed by atoms with Gasteiger partial charge >= 0.3 is 0 Å². The number of carbonyl (C=O) groups is 1. The number of rotatable bonds is 2. The molecule has 0 aliphatic carbocycles. The first kappa shape index (κ1) is 13.8. The van der Waals surface area contributed by atoms with Crippen LogP contribution in [0.3, 0.4) is 0 Å². The first-order valence-corrected chi connectivity index (χ1v) is 8.24. The van der Waals surface area contributed by atoms with Gasteiger partial charge in [-0.2, -0.15) is 0 Å². The lowest BCUT2D eigenvalue weighted by atomic mass is 9.85. The number of likely N-dealkylation sites (tertiary alicyclic amines) is 1. The number of fused-ring (bicyclic) bond motifs is 3. The fraction of sp³-hybridized carbons (Fsp3) is 0.421. The van der Waals surface area contributed by atoms with Crippen molar-refractivity contribution in [2.75, 3.05) is 26.2 Å². The minimum absolute atomic E-state index is 0.284. The number of amides is 1. The molecule has 2 aliphatic heterocycles. The van der Waals surface area contributed by atoms with Gasteiger partial charge in [0.2, 0.25) is 5.91 Å². The highest BCUT2D eigenvalue weighted by molar-refractivity contribution is 5.85. The summed E-state index contributed by atoms with van der Waals surface area (Å²) in [4.78, 5) is 14.7. The zero-order chi connectivity index (χ0) is 14.9. The Labute approximate surface area is 131 Å². The van der Waals surface area contributed by atoms with E-state index in [4.69, 9.17) is 0 Å². The highest BCUT2D eigenvalue weighted by atomic mass is 16.2. The van der Waals surface area contributed by atoms with Gasteiger partial charge in [-0.25, -0.2) is 0 Å². The minimum atomic E-state index is 0.284. The highest BCUT2D eigenvalue weighted by Gasteiger charge is 2.32. The Balaban J connectivity index is 1.48. The van der Waals surface area contributed by atoms with Crippen LogP contribution in [0, 0.1) is 11.8 Å². The smallest absolute Gasteiger partial charge is 0.227 e. The van der Waals surface area contributed by atoms with E-state index in [2.05, 4.69) is 40.5 Å². The van der Waals surface area contributed by atoms with E-state index in [9.17, 15) is 4.79 Å². The highest BCUT2D eigenvalue weighted by Crippen LogP contribution is 2.25. The molecule has 0 saturated carbocycles. The van der Waals surface area contributed by atoms with Crippen LogP contribution >= 0.6 is 0 Å². The number of hydrogen-bond donors (Lipinski definition) is 1. The van der Waals surface area contributed by atoms with Crippen LogP contribution < -0.4 is 5.32 Å². The average molecular weight is 294 g/mol. The number of carbonyl (C=O) groups excluding carboxylic acids is 1. The Hall–Kier alpha value is -1.87. The molecule has 2 aromatic carbocycles. The lowest BCUT2D eigenvalue weighted by Gasteiger charge is -2.41. The lowest BCUT2D eigenvalue weighted by molar-refractivity contribution is -0.133. The topological polar surface area (TPSA) is 32.3 Å². The molecule has 0 unspecified atom stereocenters. The normalized spacial score (nSPS) is 24.5. The third kappa shape index (κ3) is 2.73. The van der Waals surface area contributed by atoms with Crippen molar-refractivity contribution in [1.82, 2.24) is 10.2 Å². The van der Waals surface area contributed by atoms with E-state index in [1.165, 1.54) is 17.2 Å². The number of piperidine rings is 2. The van der Waals surface area contributed by atoms with Crippen LogP contribution in [0.25, 0.3) is 10.8 Å². The molecule has 2 bridgehead atoms. The third-order valence-corrected chi connectivity index (χ3v) is 5.01. The molecular weight excluding hydrogens is 272 g/mol. The number of nitrogens with zero attached hydrogens (tertiary/aromatic N) is 1. The van der Waals surface area contributed by atoms with E-state index in [1.54, 1.807) is 0 Å². The zero-order valence-electron chi connectivity index (χ0n) is 12.8. The van der Waals surface area contributed by atoms with Crippen LogP contribution in [0.5, 0.6) is 0 Å². The van der Waals surface area contributed by atoms with Crippen molar-refractivity contribution in [2.45, 2.75) is 12.8 Å². The fourth-order valence-corrected chi connectivity index (χ4v) is 3.94. The summed E-state index contributed by atoms with van der Waals surface area (Å²) in [5, 5.41) is 5.93. The van der Waals surface area contributed by atoms with Crippen molar-refractivity contribution in [3.63, 3.8) is 0 Å². The van der Waals surface area contributed by atoms with Gasteiger partial charge in [-0.3, -0.25) is 4.79 Å². The maximum Gasteiger partial charge on any atom is 0.227 e. The minimum Gasteiger partial charge on any atom is -0.342 e. The molecule has 2 heterocycles. The Morgan fingerprint density at radius 1 is 1.05 bits per heavy atom. The van der Waals surface area contributed by atoms with Crippen LogP contribution in [0.15, 0.2) is 42.5 Å². The molecule has 2 atom stereocenters. The number of nitrogens with one attached hydrogen (secondary N) is 1. The molecule has 2 aliphatic rings. The van der Waals surface area contributed by atoms with Crippen LogP contribution in [0.2, 0.25) is 0 Å². The van der Waals surface area contributed by atoms with E-state index >= 15 is 0 Å². The predicted octanol–water partition coefficient (Wildman–Crippen LogP) is 2.45. The van der Waals surface area contributed by atoms with Crippen molar-refractivity contribution in [3.05, 3.63) is 48.0 Å². The second-order valence-corrected chi connectivity index (χ2v) is 6.78. The predicted molar refractivity (Wildman–Crippen MR) is 88.7 cm³/mol. The molecule has 3 heteroatoms. The van der Waals surface area contributed by atoms with Crippen molar-refractivity contribution in [3.8, 4) is 0 Å². The monoisotopic (exact) mass is 294 g/mol. The zero-order valence-corrected chi connectivity index (χ0v) is 12.8. The molecule has 2 aromatic rings. The quantitative estimate of drug-likeness (QED) is 0.923. The van der Waals surface area contributed by atoms with E-state index in [1.807, 2.05) is 12.1 Å². The van der Waals surface area contributed by atoms with Gasteiger partial charge in [0.25, 0.3) is 0 Å². The van der Waals surface area contributed by atoms with E-state index in [-0.39, 0.29) is 5.91 Å². The van der Waals surface area contributed by atoms with Crippen LogP contribution in [-0.2, 0) is 11.2 Å². The SMILES string of the molecule is O=C(Cc1ccc2ccccc2c1)N1C[C@@H]2CNC[C@@H](C2)C1. The molecule has 1 N–H and O–H groups in total.